The van der Waals surface area contributed by atoms with Gasteiger partial charge in [0.05, 0.1) is 0 Å². The number of nitrogens with zero attached hydrogens (tertiary/aromatic N) is 2. The van der Waals surface area contributed by atoms with Crippen molar-refractivity contribution in [3.8, 4) is 11.4 Å². The molecule has 0 saturated carbocycles. The van der Waals surface area contributed by atoms with Crippen LogP contribution in [0.5, 0.6) is 0 Å². The van der Waals surface area contributed by atoms with Crippen LogP contribution in [0.15, 0.2) is 36.7 Å². The molecule has 0 aliphatic heterocycles. The lowest BCUT2D eigenvalue weighted by molar-refractivity contribution is 0.577. The average Bonchev–Trinajstić information content (AvgIpc) is 2.89. The molecule has 0 bridgehead atoms. The predicted octanol–water partition coefficient (Wildman–Crippen LogP) is 3.63. The third-order valence-electron chi connectivity index (χ3n) is 3.48. The normalized spacial score (nSPS) is 12.6. The van der Waals surface area contributed by atoms with E-state index in [-0.39, 0.29) is 0 Å². The molecule has 1 aromatic heterocycles. The third kappa shape index (κ3) is 3.04. The second-order valence-electron chi connectivity index (χ2n) is 4.82. The van der Waals surface area contributed by atoms with Gasteiger partial charge in [-0.3, -0.25) is 0 Å². The maximum atomic E-state index is 4.50. The molecule has 3 nitrogen and oxygen atoms in total. The van der Waals surface area contributed by atoms with Crippen LogP contribution in [0.1, 0.15) is 38.3 Å². The van der Waals surface area contributed by atoms with Crippen LogP contribution in [-0.4, -0.2) is 16.6 Å². The Balaban J connectivity index is 2.34. The van der Waals surface area contributed by atoms with Crippen LogP contribution in [0, 0.1) is 0 Å². The molecule has 0 aliphatic rings. The first-order valence-electron chi connectivity index (χ1n) is 7.08. The van der Waals surface area contributed by atoms with Gasteiger partial charge in [0.15, 0.2) is 0 Å². The van der Waals surface area contributed by atoms with E-state index in [9.17, 15) is 0 Å². The van der Waals surface area contributed by atoms with Crippen molar-refractivity contribution in [2.75, 3.05) is 7.05 Å². The Morgan fingerprint density at radius 3 is 2.84 bits per heavy atom. The topological polar surface area (TPSA) is 29.9 Å². The monoisotopic (exact) mass is 257 g/mol. The van der Waals surface area contributed by atoms with Crippen LogP contribution in [0.2, 0.25) is 0 Å². The summed E-state index contributed by atoms with van der Waals surface area (Å²) in [7, 11) is 2.01. The molecule has 2 rings (SSSR count). The van der Waals surface area contributed by atoms with E-state index < -0.39 is 0 Å². The third-order valence-corrected chi connectivity index (χ3v) is 3.48. The zero-order valence-electron chi connectivity index (χ0n) is 12.1. The molecular formula is C16H23N3. The Morgan fingerprint density at radius 2 is 2.16 bits per heavy atom. The van der Waals surface area contributed by atoms with E-state index in [4.69, 9.17) is 0 Å². The molecule has 1 aromatic carbocycles. The molecule has 1 N–H and O–H groups in total. The summed E-state index contributed by atoms with van der Waals surface area (Å²) in [5.41, 5.74) is 2.53. The molecule has 0 spiro atoms. The summed E-state index contributed by atoms with van der Waals surface area (Å²) in [6.07, 6.45) is 6.15. The highest BCUT2D eigenvalue weighted by molar-refractivity contribution is 5.57. The molecule has 0 saturated heterocycles. The van der Waals surface area contributed by atoms with Gasteiger partial charge in [-0.15, -0.1) is 0 Å². The van der Waals surface area contributed by atoms with Gasteiger partial charge in [0.2, 0.25) is 0 Å². The molecule has 2 aromatic rings. The van der Waals surface area contributed by atoms with E-state index >= 15 is 0 Å². The van der Waals surface area contributed by atoms with Crippen LogP contribution < -0.4 is 5.32 Å². The smallest absolute Gasteiger partial charge is 0.139 e. The molecule has 19 heavy (non-hydrogen) atoms. The van der Waals surface area contributed by atoms with Crippen molar-refractivity contribution in [2.45, 2.75) is 39.3 Å². The summed E-state index contributed by atoms with van der Waals surface area (Å²) >= 11 is 0. The van der Waals surface area contributed by atoms with Crippen molar-refractivity contribution in [1.29, 1.82) is 0 Å². The second-order valence-corrected chi connectivity index (χ2v) is 4.82. The fourth-order valence-electron chi connectivity index (χ4n) is 2.49. The first kappa shape index (κ1) is 13.8. The predicted molar refractivity (Wildman–Crippen MR) is 80.0 cm³/mol. The van der Waals surface area contributed by atoms with E-state index in [1.165, 1.54) is 11.1 Å². The number of benzene rings is 1. The SMILES string of the molecule is CCCn1ccnc1-c1cccc(C(CC)NC)c1. The lowest BCUT2D eigenvalue weighted by Crippen LogP contribution is -2.15. The van der Waals surface area contributed by atoms with Crippen LogP contribution in [0.4, 0.5) is 0 Å². The minimum Gasteiger partial charge on any atom is -0.331 e. The molecule has 102 valence electrons. The Hall–Kier alpha value is -1.61. The van der Waals surface area contributed by atoms with E-state index in [1.807, 2.05) is 13.2 Å². The number of hydrogen-bond donors (Lipinski definition) is 1. The van der Waals surface area contributed by atoms with Crippen molar-refractivity contribution < 1.29 is 0 Å². The fourth-order valence-corrected chi connectivity index (χ4v) is 2.49. The van der Waals surface area contributed by atoms with Gasteiger partial charge < -0.3 is 9.88 Å². The van der Waals surface area contributed by atoms with Crippen molar-refractivity contribution in [3.63, 3.8) is 0 Å². The molecule has 0 amide bonds. The molecule has 3 heteroatoms. The number of aromatic nitrogens is 2. The van der Waals surface area contributed by atoms with Crippen molar-refractivity contribution in [3.05, 3.63) is 42.2 Å². The molecule has 0 radical (unpaired) electrons. The maximum absolute atomic E-state index is 4.50. The van der Waals surface area contributed by atoms with Gasteiger partial charge in [-0.2, -0.15) is 0 Å². The van der Waals surface area contributed by atoms with Crippen molar-refractivity contribution in [2.24, 2.45) is 0 Å². The number of nitrogens with one attached hydrogen (secondary N) is 1. The first-order chi connectivity index (χ1) is 9.30. The summed E-state index contributed by atoms with van der Waals surface area (Å²) in [4.78, 5) is 4.50. The van der Waals surface area contributed by atoms with E-state index in [0.29, 0.717) is 6.04 Å². The van der Waals surface area contributed by atoms with Crippen LogP contribution in [0.3, 0.4) is 0 Å². The summed E-state index contributed by atoms with van der Waals surface area (Å²) in [6, 6.07) is 9.10. The fraction of sp³-hybridized carbons (Fsp3) is 0.438. The minimum absolute atomic E-state index is 0.412. The van der Waals surface area contributed by atoms with Gasteiger partial charge in [0, 0.05) is 30.5 Å². The highest BCUT2D eigenvalue weighted by atomic mass is 15.1. The lowest BCUT2D eigenvalue weighted by atomic mass is 10.0. The maximum Gasteiger partial charge on any atom is 0.139 e. The number of rotatable bonds is 6. The summed E-state index contributed by atoms with van der Waals surface area (Å²) in [5.74, 6) is 1.06. The molecule has 1 atom stereocenters. The first-order valence-corrected chi connectivity index (χ1v) is 7.08. The van der Waals surface area contributed by atoms with E-state index in [2.05, 4.69) is 59.2 Å². The molecule has 1 heterocycles. The highest BCUT2D eigenvalue weighted by Gasteiger charge is 2.10. The number of aryl methyl sites for hydroxylation is 1. The van der Waals surface area contributed by atoms with Gasteiger partial charge in [-0.05, 0) is 31.5 Å². The summed E-state index contributed by atoms with van der Waals surface area (Å²) < 4.78 is 2.22. The van der Waals surface area contributed by atoms with Gasteiger partial charge >= 0.3 is 0 Å². The molecule has 1 unspecified atom stereocenters. The van der Waals surface area contributed by atoms with Crippen LogP contribution in [0.25, 0.3) is 11.4 Å². The standard InChI is InChI=1S/C16H23N3/c1-4-10-19-11-9-18-16(19)14-8-6-7-13(12-14)15(5-2)17-3/h6-9,11-12,15,17H,4-5,10H2,1-3H3. The van der Waals surface area contributed by atoms with E-state index in [0.717, 1.165) is 25.2 Å². The quantitative estimate of drug-likeness (QED) is 0.856. The Bertz CT molecular complexity index is 512. The second kappa shape index (κ2) is 6.53. The van der Waals surface area contributed by atoms with Gasteiger partial charge in [0.25, 0.3) is 0 Å². The summed E-state index contributed by atoms with van der Waals surface area (Å²) in [5, 5.41) is 3.35. The zero-order valence-corrected chi connectivity index (χ0v) is 12.1. The Labute approximate surface area is 115 Å². The molecule has 0 fully saturated rings. The zero-order chi connectivity index (χ0) is 13.7. The van der Waals surface area contributed by atoms with Gasteiger partial charge in [-0.1, -0.05) is 32.0 Å². The number of imidazole rings is 1. The largest absolute Gasteiger partial charge is 0.331 e. The van der Waals surface area contributed by atoms with Gasteiger partial charge in [-0.25, -0.2) is 4.98 Å². The minimum atomic E-state index is 0.412. The highest BCUT2D eigenvalue weighted by Crippen LogP contribution is 2.23. The van der Waals surface area contributed by atoms with Crippen LogP contribution in [-0.2, 0) is 6.54 Å². The van der Waals surface area contributed by atoms with Gasteiger partial charge in [0.1, 0.15) is 5.82 Å². The Kier molecular flexibility index (Phi) is 4.74. The van der Waals surface area contributed by atoms with Crippen molar-refractivity contribution in [1.82, 2.24) is 14.9 Å². The summed E-state index contributed by atoms with van der Waals surface area (Å²) in [6.45, 7) is 5.41. The molecular weight excluding hydrogens is 234 g/mol. The molecule has 0 aliphatic carbocycles. The van der Waals surface area contributed by atoms with Crippen LogP contribution >= 0.6 is 0 Å². The lowest BCUT2D eigenvalue weighted by Gasteiger charge is -2.15. The van der Waals surface area contributed by atoms with E-state index in [1.54, 1.807) is 0 Å². The Morgan fingerprint density at radius 1 is 1.32 bits per heavy atom. The average molecular weight is 257 g/mol. The number of hydrogen-bond acceptors (Lipinski definition) is 2. The van der Waals surface area contributed by atoms with Crippen molar-refractivity contribution >= 4 is 0 Å².